The van der Waals surface area contributed by atoms with Gasteiger partial charge in [-0.1, -0.05) is 32.0 Å². The fraction of sp³-hybridized carbons (Fsp3) is 0.350. The van der Waals surface area contributed by atoms with Crippen molar-refractivity contribution in [2.75, 3.05) is 38.0 Å². The first kappa shape index (κ1) is 21.7. The number of hydrogen-bond acceptors (Lipinski definition) is 5. The lowest BCUT2D eigenvalue weighted by Gasteiger charge is -2.18. The summed E-state index contributed by atoms with van der Waals surface area (Å²) in [6.07, 6.45) is 0. The predicted molar refractivity (Wildman–Crippen MR) is 110 cm³/mol. The van der Waals surface area contributed by atoms with Crippen molar-refractivity contribution in [1.29, 1.82) is 0 Å². The monoisotopic (exact) mass is 405 g/mol. The van der Waals surface area contributed by atoms with Gasteiger partial charge in [0, 0.05) is 19.2 Å². The maximum Gasteiger partial charge on any atom is 0.261 e. The number of hydrogen-bond donors (Lipinski definition) is 2. The Bertz CT molecular complexity index is 882. The zero-order valence-corrected chi connectivity index (χ0v) is 17.3. The zero-order valence-electron chi connectivity index (χ0n) is 16.4. The van der Waals surface area contributed by atoms with Gasteiger partial charge in [-0.3, -0.25) is 9.52 Å². The fourth-order valence-electron chi connectivity index (χ4n) is 2.72. The van der Waals surface area contributed by atoms with Crippen molar-refractivity contribution in [1.82, 2.24) is 10.2 Å². The Hall–Kier alpha value is -2.58. The van der Waals surface area contributed by atoms with E-state index in [4.69, 9.17) is 4.74 Å². The Kier molecular flexibility index (Phi) is 7.83. The quantitative estimate of drug-likeness (QED) is 0.634. The van der Waals surface area contributed by atoms with Crippen LogP contribution in [0.15, 0.2) is 53.4 Å². The number of likely N-dealkylation sites (N-methyl/N-ethyl adjacent to an activating group) is 1. The first-order chi connectivity index (χ1) is 13.4. The molecule has 0 aromatic heterocycles. The molecule has 152 valence electrons. The molecule has 0 aliphatic carbocycles. The van der Waals surface area contributed by atoms with Crippen molar-refractivity contribution in [3.8, 4) is 5.75 Å². The van der Waals surface area contributed by atoms with Crippen molar-refractivity contribution in [2.45, 2.75) is 18.7 Å². The molecule has 0 bridgehead atoms. The van der Waals surface area contributed by atoms with Gasteiger partial charge in [0.2, 0.25) is 0 Å². The first-order valence-corrected chi connectivity index (χ1v) is 10.7. The molecule has 0 unspecified atom stereocenters. The Morgan fingerprint density at radius 2 is 1.75 bits per heavy atom. The van der Waals surface area contributed by atoms with Gasteiger partial charge in [0.15, 0.2) is 0 Å². The van der Waals surface area contributed by atoms with Gasteiger partial charge in [-0.15, -0.1) is 0 Å². The van der Waals surface area contributed by atoms with Crippen molar-refractivity contribution in [3.63, 3.8) is 0 Å². The number of rotatable bonds is 10. The molecule has 7 nitrogen and oxygen atoms in total. The van der Waals surface area contributed by atoms with Crippen LogP contribution in [0.2, 0.25) is 0 Å². The molecular formula is C20H27N3O4S. The smallest absolute Gasteiger partial charge is 0.261 e. The van der Waals surface area contributed by atoms with E-state index in [9.17, 15) is 13.2 Å². The Morgan fingerprint density at radius 1 is 1.07 bits per heavy atom. The minimum atomic E-state index is -3.71. The van der Waals surface area contributed by atoms with Crippen molar-refractivity contribution >= 4 is 21.6 Å². The molecule has 0 radical (unpaired) electrons. The molecule has 0 spiro atoms. The number of carbonyl (C=O) groups is 1. The highest BCUT2D eigenvalue weighted by Gasteiger charge is 2.17. The molecule has 0 heterocycles. The van der Waals surface area contributed by atoms with Crippen LogP contribution in [0.5, 0.6) is 5.75 Å². The SMILES string of the molecule is CCN(CC)CCNC(=O)c1ccc(NS(=O)(=O)c2ccccc2)cc1OC. The number of anilines is 1. The van der Waals surface area contributed by atoms with Crippen LogP contribution >= 0.6 is 0 Å². The van der Waals surface area contributed by atoms with Gasteiger partial charge in [0.05, 0.1) is 23.3 Å². The number of sulfonamides is 1. The number of nitrogens with zero attached hydrogens (tertiary/aromatic N) is 1. The van der Waals surface area contributed by atoms with Gasteiger partial charge < -0.3 is 15.0 Å². The molecule has 0 aliphatic heterocycles. The minimum Gasteiger partial charge on any atom is -0.496 e. The van der Waals surface area contributed by atoms with E-state index in [2.05, 4.69) is 28.8 Å². The highest BCUT2D eigenvalue weighted by Crippen LogP contribution is 2.25. The predicted octanol–water partition coefficient (Wildman–Crippen LogP) is 2.57. The molecule has 2 rings (SSSR count). The highest BCUT2D eigenvalue weighted by atomic mass is 32.2. The third-order valence-corrected chi connectivity index (χ3v) is 5.76. The Balaban J connectivity index is 2.10. The van der Waals surface area contributed by atoms with E-state index in [1.54, 1.807) is 30.3 Å². The molecule has 0 fully saturated rings. The normalized spacial score (nSPS) is 11.3. The maximum absolute atomic E-state index is 12.5. The van der Waals surface area contributed by atoms with Gasteiger partial charge in [0.1, 0.15) is 5.75 Å². The molecule has 0 aliphatic rings. The number of benzene rings is 2. The minimum absolute atomic E-state index is 0.159. The number of nitrogens with one attached hydrogen (secondary N) is 2. The maximum atomic E-state index is 12.5. The number of ether oxygens (including phenoxy) is 1. The topological polar surface area (TPSA) is 87.7 Å². The van der Waals surface area contributed by atoms with Crippen LogP contribution in [0.1, 0.15) is 24.2 Å². The average Bonchev–Trinajstić information content (AvgIpc) is 2.71. The average molecular weight is 406 g/mol. The largest absolute Gasteiger partial charge is 0.496 e. The summed E-state index contributed by atoms with van der Waals surface area (Å²) in [6, 6.07) is 12.7. The molecule has 28 heavy (non-hydrogen) atoms. The second kappa shape index (κ2) is 10.1. The second-order valence-corrected chi connectivity index (χ2v) is 7.80. The van der Waals surface area contributed by atoms with E-state index >= 15 is 0 Å². The van der Waals surface area contributed by atoms with Crippen LogP contribution in [-0.4, -0.2) is 52.5 Å². The van der Waals surface area contributed by atoms with Gasteiger partial charge >= 0.3 is 0 Å². The van der Waals surface area contributed by atoms with E-state index < -0.39 is 10.0 Å². The summed E-state index contributed by atoms with van der Waals surface area (Å²) < 4.78 is 32.7. The van der Waals surface area contributed by atoms with E-state index in [-0.39, 0.29) is 10.8 Å². The van der Waals surface area contributed by atoms with Crippen LogP contribution in [0.3, 0.4) is 0 Å². The molecule has 2 aromatic rings. The molecule has 1 amide bonds. The van der Waals surface area contributed by atoms with Crippen molar-refractivity contribution in [2.24, 2.45) is 0 Å². The molecular weight excluding hydrogens is 378 g/mol. The molecule has 2 aromatic carbocycles. The van der Waals surface area contributed by atoms with E-state index in [1.807, 2.05) is 0 Å². The van der Waals surface area contributed by atoms with E-state index in [1.165, 1.54) is 25.3 Å². The van der Waals surface area contributed by atoms with Gasteiger partial charge in [-0.05, 0) is 37.4 Å². The molecule has 0 saturated carbocycles. The van der Waals surface area contributed by atoms with E-state index in [0.717, 1.165) is 19.6 Å². The lowest BCUT2D eigenvalue weighted by molar-refractivity contribution is 0.0946. The van der Waals surface area contributed by atoms with Crippen LogP contribution in [0, 0.1) is 0 Å². The lowest BCUT2D eigenvalue weighted by atomic mass is 10.1. The van der Waals surface area contributed by atoms with Gasteiger partial charge in [-0.25, -0.2) is 8.42 Å². The van der Waals surface area contributed by atoms with Crippen molar-refractivity contribution < 1.29 is 17.9 Å². The number of amides is 1. The summed E-state index contributed by atoms with van der Waals surface area (Å²) in [5.41, 5.74) is 0.671. The summed E-state index contributed by atoms with van der Waals surface area (Å²) >= 11 is 0. The summed E-state index contributed by atoms with van der Waals surface area (Å²) in [7, 11) is -2.27. The third kappa shape index (κ3) is 5.71. The first-order valence-electron chi connectivity index (χ1n) is 9.17. The Labute approximate surface area is 166 Å². The third-order valence-electron chi connectivity index (χ3n) is 4.36. The van der Waals surface area contributed by atoms with Crippen LogP contribution in [0.25, 0.3) is 0 Å². The molecule has 2 N–H and O–H groups in total. The molecule has 0 atom stereocenters. The standard InChI is InChI=1S/C20H27N3O4S/c1-4-23(5-2)14-13-21-20(24)18-12-11-16(15-19(18)27-3)22-28(25,26)17-9-7-6-8-10-17/h6-12,15,22H,4-5,13-14H2,1-3H3,(H,21,24). The van der Waals surface area contributed by atoms with Crippen LogP contribution in [0.4, 0.5) is 5.69 Å². The summed E-state index contributed by atoms with van der Waals surface area (Å²) in [4.78, 5) is 14.8. The number of methoxy groups -OCH3 is 1. The van der Waals surface area contributed by atoms with Crippen LogP contribution < -0.4 is 14.8 Å². The summed E-state index contributed by atoms with van der Waals surface area (Å²) in [5.74, 6) is 0.0371. The fourth-order valence-corrected chi connectivity index (χ4v) is 3.79. The van der Waals surface area contributed by atoms with E-state index in [0.29, 0.717) is 23.5 Å². The van der Waals surface area contributed by atoms with Crippen LogP contribution in [-0.2, 0) is 10.0 Å². The van der Waals surface area contributed by atoms with Gasteiger partial charge in [-0.2, -0.15) is 0 Å². The highest BCUT2D eigenvalue weighted by molar-refractivity contribution is 7.92. The van der Waals surface area contributed by atoms with Gasteiger partial charge in [0.25, 0.3) is 15.9 Å². The Morgan fingerprint density at radius 3 is 2.36 bits per heavy atom. The summed E-state index contributed by atoms with van der Waals surface area (Å²) in [5, 5.41) is 2.87. The number of carbonyl (C=O) groups excluding carboxylic acids is 1. The van der Waals surface area contributed by atoms with Crippen molar-refractivity contribution in [3.05, 3.63) is 54.1 Å². The zero-order chi connectivity index (χ0) is 20.6. The summed E-state index contributed by atoms with van der Waals surface area (Å²) in [6.45, 7) is 7.27. The molecule has 0 saturated heterocycles. The molecule has 8 heteroatoms. The second-order valence-electron chi connectivity index (χ2n) is 6.12. The lowest BCUT2D eigenvalue weighted by Crippen LogP contribution is -2.34.